The van der Waals surface area contributed by atoms with E-state index in [1.807, 2.05) is 18.2 Å². The molecule has 1 N–H and O–H groups in total. The number of carbonyl (C=O) groups is 1. The van der Waals surface area contributed by atoms with Crippen molar-refractivity contribution < 1.29 is 14.3 Å². The van der Waals surface area contributed by atoms with Gasteiger partial charge in [-0.3, -0.25) is 4.79 Å². The Bertz CT molecular complexity index is 745. The molecule has 1 heterocycles. The van der Waals surface area contributed by atoms with E-state index in [9.17, 15) is 4.79 Å². The smallest absolute Gasteiger partial charge is 0.255 e. The molecule has 0 bridgehead atoms. The highest BCUT2D eigenvalue weighted by Crippen LogP contribution is 2.24. The Morgan fingerprint density at radius 2 is 2.08 bits per heavy atom. The number of carbonyl (C=O) groups excluding carboxylic acids is 1. The Kier molecular flexibility index (Phi) is 6.19. The second-order valence-electron chi connectivity index (χ2n) is 5.87. The van der Waals surface area contributed by atoms with Gasteiger partial charge in [0, 0.05) is 28.8 Å². The first kappa shape index (κ1) is 18.1. The number of ether oxygens (including phenoxy) is 2. The topological polar surface area (TPSA) is 47.6 Å². The maximum Gasteiger partial charge on any atom is 0.255 e. The van der Waals surface area contributed by atoms with Crippen molar-refractivity contribution in [1.29, 1.82) is 0 Å². The lowest BCUT2D eigenvalue weighted by molar-refractivity contribution is 0.0854. The molecule has 0 radical (unpaired) electrons. The van der Waals surface area contributed by atoms with Gasteiger partial charge in [-0.15, -0.1) is 0 Å². The largest absolute Gasteiger partial charge is 0.488 e. The lowest BCUT2D eigenvalue weighted by Crippen LogP contribution is -2.32. The van der Waals surface area contributed by atoms with Crippen molar-refractivity contribution in [3.8, 4) is 5.75 Å². The minimum absolute atomic E-state index is 0.102. The predicted molar refractivity (Wildman–Crippen MR) is 98.5 cm³/mol. The van der Waals surface area contributed by atoms with E-state index in [1.165, 1.54) is 0 Å². The quantitative estimate of drug-likeness (QED) is 0.804. The fraction of sp³-hybridized carbons (Fsp3) is 0.316. The Morgan fingerprint density at radius 3 is 2.84 bits per heavy atom. The number of halogens is 2. The summed E-state index contributed by atoms with van der Waals surface area (Å²) in [7, 11) is 0. The standard InChI is InChI=1S/C19H19Cl2NO3/c20-14-8-7-13(17(21)10-14)12-25-18-6-2-1-5-16(18)19(23)22-11-15-4-3-9-24-15/h1-2,5-8,10,15H,3-4,9,11-12H2,(H,22,23)/t15-/m0/s1. The fourth-order valence-corrected chi connectivity index (χ4v) is 3.14. The van der Waals surface area contributed by atoms with Gasteiger partial charge in [0.1, 0.15) is 12.4 Å². The molecule has 1 atom stereocenters. The molecule has 2 aromatic carbocycles. The van der Waals surface area contributed by atoms with E-state index >= 15 is 0 Å². The van der Waals surface area contributed by atoms with Crippen LogP contribution in [0.5, 0.6) is 5.75 Å². The highest BCUT2D eigenvalue weighted by Gasteiger charge is 2.18. The van der Waals surface area contributed by atoms with Crippen LogP contribution in [0.1, 0.15) is 28.8 Å². The molecular formula is C19H19Cl2NO3. The average molecular weight is 380 g/mol. The van der Waals surface area contributed by atoms with Crippen molar-refractivity contribution >= 4 is 29.1 Å². The molecule has 132 valence electrons. The Morgan fingerprint density at radius 1 is 1.24 bits per heavy atom. The molecule has 0 aliphatic carbocycles. The molecule has 1 saturated heterocycles. The molecule has 3 rings (SSSR count). The van der Waals surface area contributed by atoms with E-state index in [1.54, 1.807) is 24.3 Å². The van der Waals surface area contributed by atoms with Gasteiger partial charge in [-0.1, -0.05) is 41.4 Å². The van der Waals surface area contributed by atoms with E-state index in [0.717, 1.165) is 25.0 Å². The lowest BCUT2D eigenvalue weighted by atomic mass is 10.1. The van der Waals surface area contributed by atoms with Gasteiger partial charge in [-0.2, -0.15) is 0 Å². The molecule has 6 heteroatoms. The molecule has 2 aromatic rings. The van der Waals surface area contributed by atoms with Crippen LogP contribution >= 0.6 is 23.2 Å². The van der Waals surface area contributed by atoms with Gasteiger partial charge in [0.05, 0.1) is 11.7 Å². The fourth-order valence-electron chi connectivity index (χ4n) is 2.68. The maximum atomic E-state index is 12.5. The van der Waals surface area contributed by atoms with Crippen LogP contribution in [0, 0.1) is 0 Å². The van der Waals surface area contributed by atoms with Gasteiger partial charge in [-0.25, -0.2) is 0 Å². The minimum atomic E-state index is -0.173. The molecule has 0 unspecified atom stereocenters. The van der Waals surface area contributed by atoms with Crippen LogP contribution in [0.15, 0.2) is 42.5 Å². The number of hydrogen-bond acceptors (Lipinski definition) is 3. The molecular weight excluding hydrogens is 361 g/mol. The summed E-state index contributed by atoms with van der Waals surface area (Å²) in [6.45, 7) is 1.53. The minimum Gasteiger partial charge on any atom is -0.488 e. The molecule has 0 saturated carbocycles. The molecule has 0 aromatic heterocycles. The summed E-state index contributed by atoms with van der Waals surface area (Å²) in [5.74, 6) is 0.340. The summed E-state index contributed by atoms with van der Waals surface area (Å²) >= 11 is 12.1. The Balaban J connectivity index is 1.64. The van der Waals surface area contributed by atoms with Crippen molar-refractivity contribution in [3.63, 3.8) is 0 Å². The summed E-state index contributed by atoms with van der Waals surface area (Å²) in [6, 6.07) is 12.4. The van der Waals surface area contributed by atoms with Gasteiger partial charge in [0.15, 0.2) is 0 Å². The van der Waals surface area contributed by atoms with Crippen LogP contribution in [0.25, 0.3) is 0 Å². The summed E-state index contributed by atoms with van der Waals surface area (Å²) in [5.41, 5.74) is 1.30. The zero-order chi connectivity index (χ0) is 17.6. The number of para-hydroxylation sites is 1. The van der Waals surface area contributed by atoms with Crippen molar-refractivity contribution in [3.05, 3.63) is 63.6 Å². The Hall–Kier alpha value is -1.75. The van der Waals surface area contributed by atoms with Crippen LogP contribution in [0.4, 0.5) is 0 Å². The molecule has 1 aliphatic heterocycles. The van der Waals surface area contributed by atoms with Crippen molar-refractivity contribution in [2.75, 3.05) is 13.2 Å². The van der Waals surface area contributed by atoms with Crippen LogP contribution in [-0.2, 0) is 11.3 Å². The second kappa shape index (κ2) is 8.56. The SMILES string of the molecule is O=C(NC[C@@H]1CCCO1)c1ccccc1OCc1ccc(Cl)cc1Cl. The van der Waals surface area contributed by atoms with Crippen LogP contribution in [0.2, 0.25) is 10.0 Å². The molecule has 0 spiro atoms. The van der Waals surface area contributed by atoms with Crippen molar-refractivity contribution in [2.24, 2.45) is 0 Å². The van der Waals surface area contributed by atoms with E-state index in [2.05, 4.69) is 5.32 Å². The number of rotatable bonds is 6. The van der Waals surface area contributed by atoms with Crippen LogP contribution in [-0.4, -0.2) is 25.2 Å². The van der Waals surface area contributed by atoms with Crippen molar-refractivity contribution in [1.82, 2.24) is 5.32 Å². The van der Waals surface area contributed by atoms with E-state index < -0.39 is 0 Å². The van der Waals surface area contributed by atoms with E-state index in [4.69, 9.17) is 32.7 Å². The molecule has 1 aliphatic rings. The maximum absolute atomic E-state index is 12.5. The zero-order valence-corrected chi connectivity index (χ0v) is 15.1. The van der Waals surface area contributed by atoms with E-state index in [0.29, 0.717) is 27.9 Å². The third kappa shape index (κ3) is 4.88. The summed E-state index contributed by atoms with van der Waals surface area (Å²) in [6.07, 6.45) is 2.13. The Labute approximate surface area is 157 Å². The van der Waals surface area contributed by atoms with E-state index in [-0.39, 0.29) is 18.6 Å². The van der Waals surface area contributed by atoms with Gasteiger partial charge < -0.3 is 14.8 Å². The lowest BCUT2D eigenvalue weighted by Gasteiger charge is -2.14. The first-order chi connectivity index (χ1) is 12.1. The second-order valence-corrected chi connectivity index (χ2v) is 6.71. The van der Waals surface area contributed by atoms with Gasteiger partial charge in [-0.05, 0) is 37.1 Å². The zero-order valence-electron chi connectivity index (χ0n) is 13.6. The molecule has 1 amide bonds. The van der Waals surface area contributed by atoms with Gasteiger partial charge in [0.2, 0.25) is 0 Å². The summed E-state index contributed by atoms with van der Waals surface area (Å²) < 4.78 is 11.3. The van der Waals surface area contributed by atoms with Gasteiger partial charge in [0.25, 0.3) is 5.91 Å². The van der Waals surface area contributed by atoms with Crippen LogP contribution < -0.4 is 10.1 Å². The molecule has 25 heavy (non-hydrogen) atoms. The third-order valence-corrected chi connectivity index (χ3v) is 4.63. The third-order valence-electron chi connectivity index (χ3n) is 4.04. The van der Waals surface area contributed by atoms with Crippen LogP contribution in [0.3, 0.4) is 0 Å². The number of nitrogens with one attached hydrogen (secondary N) is 1. The van der Waals surface area contributed by atoms with Crippen molar-refractivity contribution in [2.45, 2.75) is 25.6 Å². The predicted octanol–water partition coefficient (Wildman–Crippen LogP) is 4.48. The normalized spacial score (nSPS) is 16.6. The first-order valence-electron chi connectivity index (χ1n) is 8.19. The highest BCUT2D eigenvalue weighted by molar-refractivity contribution is 6.35. The molecule has 4 nitrogen and oxygen atoms in total. The monoisotopic (exact) mass is 379 g/mol. The molecule has 1 fully saturated rings. The summed E-state index contributed by atoms with van der Waals surface area (Å²) in [5, 5.41) is 4.02. The van der Waals surface area contributed by atoms with Gasteiger partial charge >= 0.3 is 0 Å². The average Bonchev–Trinajstić information content (AvgIpc) is 3.13. The number of benzene rings is 2. The number of hydrogen-bond donors (Lipinski definition) is 1. The highest BCUT2D eigenvalue weighted by atomic mass is 35.5. The number of amides is 1. The first-order valence-corrected chi connectivity index (χ1v) is 8.94. The summed E-state index contributed by atoms with van der Waals surface area (Å²) in [4.78, 5) is 12.5.